The van der Waals surface area contributed by atoms with E-state index in [4.69, 9.17) is 4.74 Å². The second kappa shape index (κ2) is 8.08. The number of methoxy groups -OCH3 is 1. The van der Waals surface area contributed by atoms with Gasteiger partial charge in [-0.1, -0.05) is 6.07 Å². The van der Waals surface area contributed by atoms with Crippen molar-refractivity contribution in [1.82, 2.24) is 14.7 Å². The van der Waals surface area contributed by atoms with E-state index in [-0.39, 0.29) is 17.8 Å². The number of ether oxygens (including phenoxy) is 1. The minimum absolute atomic E-state index is 0.0307. The number of anilines is 1. The Labute approximate surface area is 165 Å². The van der Waals surface area contributed by atoms with Gasteiger partial charge in [-0.15, -0.1) is 0 Å². The highest BCUT2D eigenvalue weighted by molar-refractivity contribution is 5.90. The quantitative estimate of drug-likeness (QED) is 0.853. The number of urea groups is 1. The van der Waals surface area contributed by atoms with E-state index in [2.05, 4.69) is 5.32 Å². The molecule has 1 aromatic carbocycles. The first kappa shape index (κ1) is 20.0. The fourth-order valence-electron chi connectivity index (χ4n) is 4.09. The van der Waals surface area contributed by atoms with Crippen molar-refractivity contribution in [3.8, 4) is 5.75 Å². The number of likely N-dealkylation sites (tertiary alicyclic amines) is 1. The van der Waals surface area contributed by atoms with Crippen molar-refractivity contribution in [1.29, 1.82) is 0 Å². The molecule has 0 aliphatic carbocycles. The van der Waals surface area contributed by atoms with Gasteiger partial charge in [0, 0.05) is 69.8 Å². The first-order chi connectivity index (χ1) is 13.4. The summed E-state index contributed by atoms with van der Waals surface area (Å²) in [6.45, 7) is 6.51. The Hall–Kier alpha value is -2.77. The van der Waals surface area contributed by atoms with Gasteiger partial charge in [-0.05, 0) is 19.1 Å². The van der Waals surface area contributed by atoms with Crippen LogP contribution in [0.3, 0.4) is 0 Å². The zero-order chi connectivity index (χ0) is 20.3. The summed E-state index contributed by atoms with van der Waals surface area (Å²) in [7, 11) is 1.58. The zero-order valence-electron chi connectivity index (χ0n) is 16.7. The molecule has 0 unspecified atom stereocenters. The number of nitrogens with one attached hydrogen (secondary N) is 1. The highest BCUT2D eigenvalue weighted by Crippen LogP contribution is 2.35. The van der Waals surface area contributed by atoms with Crippen LogP contribution in [0.15, 0.2) is 24.3 Å². The van der Waals surface area contributed by atoms with Gasteiger partial charge >= 0.3 is 6.03 Å². The molecule has 1 N–H and O–H groups in total. The van der Waals surface area contributed by atoms with Crippen LogP contribution < -0.4 is 10.1 Å². The number of hydrogen-bond acceptors (Lipinski definition) is 4. The van der Waals surface area contributed by atoms with Gasteiger partial charge in [-0.25, -0.2) is 4.79 Å². The summed E-state index contributed by atoms with van der Waals surface area (Å²) < 4.78 is 5.20. The fraction of sp³-hybridized carbons (Fsp3) is 0.550. The molecule has 2 saturated heterocycles. The van der Waals surface area contributed by atoms with E-state index >= 15 is 0 Å². The summed E-state index contributed by atoms with van der Waals surface area (Å²) >= 11 is 0. The van der Waals surface area contributed by atoms with E-state index in [1.54, 1.807) is 29.0 Å². The smallest absolute Gasteiger partial charge is 0.321 e. The molecule has 0 saturated carbocycles. The molecule has 1 aromatic rings. The molecule has 1 atom stereocenters. The third-order valence-electron chi connectivity index (χ3n) is 5.53. The summed E-state index contributed by atoms with van der Waals surface area (Å²) in [5.74, 6) is 0.714. The lowest BCUT2D eigenvalue weighted by molar-refractivity contribution is -0.130. The van der Waals surface area contributed by atoms with E-state index < -0.39 is 5.41 Å². The topological polar surface area (TPSA) is 82.2 Å². The van der Waals surface area contributed by atoms with Crippen LogP contribution in [-0.4, -0.2) is 78.9 Å². The van der Waals surface area contributed by atoms with Gasteiger partial charge in [0.1, 0.15) is 5.75 Å². The van der Waals surface area contributed by atoms with Gasteiger partial charge in [-0.2, -0.15) is 0 Å². The predicted molar refractivity (Wildman–Crippen MR) is 105 cm³/mol. The summed E-state index contributed by atoms with van der Waals surface area (Å²) in [5.41, 5.74) is 0.213. The Morgan fingerprint density at radius 1 is 1.18 bits per heavy atom. The highest BCUT2D eigenvalue weighted by atomic mass is 16.5. The van der Waals surface area contributed by atoms with Gasteiger partial charge < -0.3 is 24.8 Å². The molecule has 8 heteroatoms. The van der Waals surface area contributed by atoms with Crippen molar-refractivity contribution in [2.24, 2.45) is 5.41 Å². The Bertz CT molecular complexity index is 768. The monoisotopic (exact) mass is 388 g/mol. The predicted octanol–water partition coefficient (Wildman–Crippen LogP) is 1.63. The average molecular weight is 388 g/mol. The van der Waals surface area contributed by atoms with Crippen LogP contribution in [0.2, 0.25) is 0 Å². The molecular weight excluding hydrogens is 360 g/mol. The van der Waals surface area contributed by atoms with E-state index in [0.717, 1.165) is 0 Å². The van der Waals surface area contributed by atoms with Crippen molar-refractivity contribution >= 4 is 23.5 Å². The molecule has 2 aliphatic heterocycles. The van der Waals surface area contributed by atoms with Crippen LogP contribution in [0.5, 0.6) is 5.75 Å². The molecule has 4 amide bonds. The standard InChI is InChI=1S/C20H28N4O4/c1-4-22-12-20(11-18(22)26)13-23(15(2)25)8-9-24(14-20)19(27)21-16-6-5-7-17(10-16)28-3/h5-7,10H,4,8-9,11-14H2,1-3H3,(H,21,27)/t20-/m0/s1. The second-order valence-electron chi connectivity index (χ2n) is 7.61. The molecule has 1 spiro atoms. The maximum atomic E-state index is 12.9. The van der Waals surface area contributed by atoms with Crippen LogP contribution in [-0.2, 0) is 9.59 Å². The molecule has 0 aromatic heterocycles. The molecule has 2 fully saturated rings. The van der Waals surface area contributed by atoms with Crippen molar-refractivity contribution < 1.29 is 19.1 Å². The first-order valence-electron chi connectivity index (χ1n) is 9.59. The van der Waals surface area contributed by atoms with Crippen molar-refractivity contribution in [2.75, 3.05) is 51.7 Å². The van der Waals surface area contributed by atoms with E-state index in [1.807, 2.05) is 24.0 Å². The Morgan fingerprint density at radius 3 is 2.54 bits per heavy atom. The Balaban J connectivity index is 1.79. The second-order valence-corrected chi connectivity index (χ2v) is 7.61. The lowest BCUT2D eigenvalue weighted by Crippen LogP contribution is -2.46. The molecule has 2 aliphatic rings. The number of nitrogens with zero attached hydrogens (tertiary/aromatic N) is 3. The third kappa shape index (κ3) is 4.21. The fourth-order valence-corrected chi connectivity index (χ4v) is 4.09. The summed E-state index contributed by atoms with van der Waals surface area (Å²) in [6.07, 6.45) is 0.355. The van der Waals surface area contributed by atoms with Crippen LogP contribution >= 0.6 is 0 Å². The molecule has 3 rings (SSSR count). The summed E-state index contributed by atoms with van der Waals surface area (Å²) in [5, 5.41) is 2.91. The van der Waals surface area contributed by atoms with Crippen molar-refractivity contribution in [2.45, 2.75) is 20.3 Å². The van der Waals surface area contributed by atoms with Gasteiger partial charge in [0.15, 0.2) is 0 Å². The van der Waals surface area contributed by atoms with Crippen LogP contribution in [0.4, 0.5) is 10.5 Å². The number of carbonyl (C=O) groups is 3. The third-order valence-corrected chi connectivity index (χ3v) is 5.53. The number of amides is 4. The maximum absolute atomic E-state index is 12.9. The average Bonchev–Trinajstić information content (AvgIpc) is 2.85. The minimum Gasteiger partial charge on any atom is -0.497 e. The number of carbonyl (C=O) groups excluding carboxylic acids is 3. The van der Waals surface area contributed by atoms with Gasteiger partial charge in [-0.3, -0.25) is 9.59 Å². The highest BCUT2D eigenvalue weighted by Gasteiger charge is 2.47. The minimum atomic E-state index is -0.430. The van der Waals surface area contributed by atoms with E-state index in [1.165, 1.54) is 6.92 Å². The van der Waals surface area contributed by atoms with Gasteiger partial charge in [0.05, 0.1) is 7.11 Å². The first-order valence-corrected chi connectivity index (χ1v) is 9.59. The largest absolute Gasteiger partial charge is 0.497 e. The van der Waals surface area contributed by atoms with Gasteiger partial charge in [0.2, 0.25) is 11.8 Å². The molecule has 2 heterocycles. The molecule has 0 bridgehead atoms. The maximum Gasteiger partial charge on any atom is 0.321 e. The van der Waals surface area contributed by atoms with Crippen LogP contribution in [0.1, 0.15) is 20.3 Å². The lowest BCUT2D eigenvalue weighted by Gasteiger charge is -2.33. The number of rotatable bonds is 3. The van der Waals surface area contributed by atoms with E-state index in [9.17, 15) is 14.4 Å². The number of hydrogen-bond donors (Lipinski definition) is 1. The molecule has 0 radical (unpaired) electrons. The normalized spacial score (nSPS) is 22.4. The van der Waals surface area contributed by atoms with Crippen LogP contribution in [0.25, 0.3) is 0 Å². The summed E-state index contributed by atoms with van der Waals surface area (Å²) in [6, 6.07) is 6.94. The zero-order valence-corrected chi connectivity index (χ0v) is 16.7. The van der Waals surface area contributed by atoms with Crippen LogP contribution in [0, 0.1) is 5.41 Å². The van der Waals surface area contributed by atoms with Crippen molar-refractivity contribution in [3.63, 3.8) is 0 Å². The molecule has 8 nitrogen and oxygen atoms in total. The Morgan fingerprint density at radius 2 is 1.89 bits per heavy atom. The molecular formula is C20H28N4O4. The summed E-state index contributed by atoms with van der Waals surface area (Å²) in [4.78, 5) is 42.7. The molecule has 152 valence electrons. The number of benzene rings is 1. The molecule has 28 heavy (non-hydrogen) atoms. The van der Waals surface area contributed by atoms with E-state index in [0.29, 0.717) is 57.1 Å². The van der Waals surface area contributed by atoms with Gasteiger partial charge in [0.25, 0.3) is 0 Å². The van der Waals surface area contributed by atoms with Crippen molar-refractivity contribution in [3.05, 3.63) is 24.3 Å². The Kier molecular flexibility index (Phi) is 5.76. The SMILES string of the molecule is CCN1C[C@@]2(CC1=O)CN(C(C)=O)CCN(C(=O)Nc1cccc(OC)c1)C2. The lowest BCUT2D eigenvalue weighted by atomic mass is 9.86.